The van der Waals surface area contributed by atoms with Crippen LogP contribution in [0, 0.1) is 10.1 Å². The molecular weight excluding hydrogens is 366 g/mol. The molecule has 0 bridgehead atoms. The summed E-state index contributed by atoms with van der Waals surface area (Å²) in [5.74, 6) is -0.526. The van der Waals surface area contributed by atoms with E-state index in [0.717, 1.165) is 45.3 Å². The number of nitrogens with two attached hydrogens (primary N) is 2. The average Bonchev–Trinajstić information content (AvgIpc) is 2.69. The van der Waals surface area contributed by atoms with Crippen LogP contribution in [0.15, 0.2) is 24.3 Å². The van der Waals surface area contributed by atoms with E-state index in [0.29, 0.717) is 19.7 Å². The molecule has 0 aromatic heterocycles. The molecule has 1 aliphatic heterocycles. The third kappa shape index (κ3) is 6.48. The zero-order chi connectivity index (χ0) is 20.4. The van der Waals surface area contributed by atoms with Gasteiger partial charge in [-0.15, -0.1) is 0 Å². The van der Waals surface area contributed by atoms with Crippen LogP contribution in [0.2, 0.25) is 0 Å². The number of nitro benzene ring substituents is 1. The number of carbonyl (C=O) groups is 1. The number of ether oxygens (including phenoxy) is 2. The van der Waals surface area contributed by atoms with Gasteiger partial charge in [-0.25, -0.2) is 0 Å². The Hall–Kier alpha value is -2.69. The number of hydrogen-bond donors (Lipinski definition) is 3. The van der Waals surface area contributed by atoms with Gasteiger partial charge < -0.3 is 26.3 Å². The summed E-state index contributed by atoms with van der Waals surface area (Å²) in [5, 5.41) is 14.4. The van der Waals surface area contributed by atoms with E-state index in [1.165, 1.54) is 6.07 Å². The highest BCUT2D eigenvalue weighted by Gasteiger charge is 2.22. The molecule has 5 N–H and O–H groups in total. The number of benzene rings is 1. The van der Waals surface area contributed by atoms with Crippen molar-refractivity contribution in [3.05, 3.63) is 40.0 Å². The molecule has 1 aromatic carbocycles. The van der Waals surface area contributed by atoms with E-state index in [9.17, 15) is 14.9 Å². The monoisotopic (exact) mass is 393 g/mol. The molecule has 1 amide bonds. The number of hydrogen-bond acceptors (Lipinski definition) is 8. The van der Waals surface area contributed by atoms with Gasteiger partial charge in [0.25, 0.3) is 5.69 Å². The van der Waals surface area contributed by atoms with Gasteiger partial charge in [0.15, 0.2) is 5.69 Å². The molecule has 0 atom stereocenters. The van der Waals surface area contributed by atoms with Crippen LogP contribution in [0.1, 0.15) is 16.8 Å². The van der Waals surface area contributed by atoms with E-state index in [1.54, 1.807) is 12.2 Å². The van der Waals surface area contributed by atoms with Crippen molar-refractivity contribution in [3.63, 3.8) is 0 Å². The first-order chi connectivity index (χ1) is 13.5. The van der Waals surface area contributed by atoms with Gasteiger partial charge >= 0.3 is 0 Å². The molecule has 10 nitrogen and oxygen atoms in total. The summed E-state index contributed by atoms with van der Waals surface area (Å²) in [4.78, 5) is 24.7. The van der Waals surface area contributed by atoms with Crippen molar-refractivity contribution < 1.29 is 19.2 Å². The molecule has 154 valence electrons. The highest BCUT2D eigenvalue weighted by atomic mass is 16.6. The second-order valence-corrected chi connectivity index (χ2v) is 6.23. The molecule has 0 radical (unpaired) electrons. The normalized spacial score (nSPS) is 14.9. The number of nitrogens with one attached hydrogen (secondary N) is 1. The molecule has 1 aliphatic rings. The molecule has 0 saturated carbocycles. The van der Waals surface area contributed by atoms with Crippen LogP contribution in [0.5, 0.6) is 5.75 Å². The minimum absolute atomic E-state index is 0.0259. The van der Waals surface area contributed by atoms with Gasteiger partial charge in [-0.05, 0) is 12.5 Å². The van der Waals surface area contributed by atoms with Gasteiger partial charge in [0, 0.05) is 44.4 Å². The molecule has 1 aromatic rings. The summed E-state index contributed by atoms with van der Waals surface area (Å²) >= 11 is 0. The molecule has 0 unspecified atom stereocenters. The number of nitrogens with zero attached hydrogens (tertiary/aromatic N) is 2. The molecule has 10 heteroatoms. The summed E-state index contributed by atoms with van der Waals surface area (Å²) in [6.45, 7) is 5.09. The van der Waals surface area contributed by atoms with Crippen molar-refractivity contribution in [2.75, 3.05) is 57.9 Å². The van der Waals surface area contributed by atoms with Crippen molar-refractivity contribution in [1.29, 1.82) is 0 Å². The van der Waals surface area contributed by atoms with Crippen molar-refractivity contribution >= 4 is 17.3 Å². The first kappa shape index (κ1) is 21.6. The summed E-state index contributed by atoms with van der Waals surface area (Å²) in [5.41, 5.74) is 10.7. The van der Waals surface area contributed by atoms with E-state index < -0.39 is 10.8 Å². The van der Waals surface area contributed by atoms with Crippen LogP contribution < -0.4 is 21.5 Å². The van der Waals surface area contributed by atoms with Gasteiger partial charge in [0.2, 0.25) is 5.91 Å². The number of morpholine rings is 1. The lowest BCUT2D eigenvalue weighted by atomic mass is 10.1. The Morgan fingerprint density at radius 2 is 2.11 bits per heavy atom. The topological polar surface area (TPSA) is 146 Å². The van der Waals surface area contributed by atoms with Gasteiger partial charge in [-0.1, -0.05) is 12.2 Å². The molecule has 1 fully saturated rings. The number of carbonyl (C=O) groups excluding carboxylic acids is 1. The third-order valence-corrected chi connectivity index (χ3v) is 4.24. The maximum absolute atomic E-state index is 11.6. The lowest BCUT2D eigenvalue weighted by Gasteiger charge is -2.26. The van der Waals surface area contributed by atoms with E-state index >= 15 is 0 Å². The maximum atomic E-state index is 11.6. The number of rotatable bonds is 11. The third-order valence-electron chi connectivity index (χ3n) is 4.24. The number of nitro groups is 1. The van der Waals surface area contributed by atoms with Crippen molar-refractivity contribution in [2.45, 2.75) is 6.42 Å². The second-order valence-electron chi connectivity index (χ2n) is 6.23. The van der Waals surface area contributed by atoms with Crippen molar-refractivity contribution in [2.24, 2.45) is 11.5 Å². The predicted octanol–water partition coefficient (Wildman–Crippen LogP) is 0.722. The SMILES string of the molecule is NC/C=C/CNc1c(OCCCN2CCOCC2)cc(C(N)=O)cc1[N+](=O)[O-]. The summed E-state index contributed by atoms with van der Waals surface area (Å²) < 4.78 is 11.1. The molecule has 2 rings (SSSR count). The lowest BCUT2D eigenvalue weighted by molar-refractivity contribution is -0.384. The van der Waals surface area contributed by atoms with Crippen LogP contribution in [0.3, 0.4) is 0 Å². The Morgan fingerprint density at radius 1 is 1.36 bits per heavy atom. The van der Waals surface area contributed by atoms with E-state index in [4.69, 9.17) is 20.9 Å². The first-order valence-corrected chi connectivity index (χ1v) is 9.17. The quantitative estimate of drug-likeness (QED) is 0.216. The van der Waals surface area contributed by atoms with Crippen LogP contribution in [-0.4, -0.2) is 68.3 Å². The second kappa shape index (κ2) is 11.2. The zero-order valence-corrected chi connectivity index (χ0v) is 15.8. The molecule has 0 spiro atoms. The Labute approximate surface area is 163 Å². The molecule has 28 heavy (non-hydrogen) atoms. The number of anilines is 1. The Kier molecular flexibility index (Phi) is 8.66. The predicted molar refractivity (Wildman–Crippen MR) is 106 cm³/mol. The van der Waals surface area contributed by atoms with Gasteiger partial charge in [0.1, 0.15) is 5.75 Å². The standard InChI is InChI=1S/C18H27N5O5/c19-4-1-2-5-21-17-15(23(25)26)12-14(18(20)24)13-16(17)28-9-3-6-22-7-10-27-11-8-22/h1-2,12-13,21H,3-11,19H2,(H2,20,24)/b2-1+. The maximum Gasteiger partial charge on any atom is 0.296 e. The van der Waals surface area contributed by atoms with Gasteiger partial charge in [-0.2, -0.15) is 0 Å². The Balaban J connectivity index is 2.11. The van der Waals surface area contributed by atoms with Gasteiger partial charge in [0.05, 0.1) is 24.7 Å². The fourth-order valence-corrected chi connectivity index (χ4v) is 2.81. The lowest BCUT2D eigenvalue weighted by Crippen LogP contribution is -2.37. The zero-order valence-electron chi connectivity index (χ0n) is 15.8. The highest BCUT2D eigenvalue weighted by Crippen LogP contribution is 2.36. The molecule has 1 saturated heterocycles. The van der Waals surface area contributed by atoms with E-state index in [-0.39, 0.29) is 22.7 Å². The van der Waals surface area contributed by atoms with Crippen molar-refractivity contribution in [1.82, 2.24) is 4.90 Å². The summed E-state index contributed by atoms with van der Waals surface area (Å²) in [6, 6.07) is 2.58. The van der Waals surface area contributed by atoms with Crippen LogP contribution in [0.4, 0.5) is 11.4 Å². The fraction of sp³-hybridized carbons (Fsp3) is 0.500. The largest absolute Gasteiger partial charge is 0.491 e. The molecule has 0 aliphatic carbocycles. The summed E-state index contributed by atoms with van der Waals surface area (Å²) in [7, 11) is 0. The van der Waals surface area contributed by atoms with E-state index in [1.807, 2.05) is 0 Å². The Bertz CT molecular complexity index is 704. The average molecular weight is 393 g/mol. The fourth-order valence-electron chi connectivity index (χ4n) is 2.81. The molecular formula is C18H27N5O5. The Morgan fingerprint density at radius 3 is 2.75 bits per heavy atom. The van der Waals surface area contributed by atoms with Crippen LogP contribution in [-0.2, 0) is 4.74 Å². The number of amides is 1. The van der Waals surface area contributed by atoms with E-state index in [2.05, 4.69) is 10.2 Å². The molecule has 1 heterocycles. The first-order valence-electron chi connectivity index (χ1n) is 9.17. The number of primary amides is 1. The highest BCUT2D eigenvalue weighted by molar-refractivity contribution is 5.95. The van der Waals surface area contributed by atoms with Crippen LogP contribution in [0.25, 0.3) is 0 Å². The smallest absolute Gasteiger partial charge is 0.296 e. The van der Waals surface area contributed by atoms with Gasteiger partial charge in [-0.3, -0.25) is 19.8 Å². The van der Waals surface area contributed by atoms with Crippen LogP contribution >= 0.6 is 0 Å². The minimum atomic E-state index is -0.754. The summed E-state index contributed by atoms with van der Waals surface area (Å²) in [6.07, 6.45) is 4.23. The minimum Gasteiger partial charge on any atom is -0.491 e. The van der Waals surface area contributed by atoms with Crippen molar-refractivity contribution in [3.8, 4) is 5.75 Å².